The van der Waals surface area contributed by atoms with Crippen LogP contribution in [0.25, 0.3) is 82.8 Å². The highest BCUT2D eigenvalue weighted by molar-refractivity contribution is 6.17. The summed E-state index contributed by atoms with van der Waals surface area (Å²) in [6, 6.07) is 76.1. The monoisotopic (exact) mass is 742 g/mol. The first kappa shape index (κ1) is 33.7. The third-order valence-corrected chi connectivity index (χ3v) is 11.5. The van der Waals surface area contributed by atoms with Crippen molar-refractivity contribution in [3.63, 3.8) is 0 Å². The van der Waals surface area contributed by atoms with Crippen LogP contribution in [0.4, 0.5) is 17.1 Å². The second kappa shape index (κ2) is 13.8. The minimum absolute atomic E-state index is 0.863. The Balaban J connectivity index is 1.11. The number of rotatable bonds is 7. The van der Waals surface area contributed by atoms with E-state index < -0.39 is 0 Å². The van der Waals surface area contributed by atoms with E-state index in [1.54, 1.807) is 0 Å². The van der Waals surface area contributed by atoms with E-state index in [-0.39, 0.29) is 0 Å². The minimum atomic E-state index is 0.863. The lowest BCUT2D eigenvalue weighted by atomic mass is 9.93. The molecule has 0 aliphatic carbocycles. The van der Waals surface area contributed by atoms with Gasteiger partial charge in [0.25, 0.3) is 0 Å². The maximum atomic E-state index is 6.89. The number of hydrogen-bond donors (Lipinski definition) is 0. The number of hydrogen-bond acceptors (Lipinski definition) is 2. The Bertz CT molecular complexity index is 3230. The standard InChI is InChI=1S/C55H38N2O/c1-37-16-8-12-24-49(37)57(42-32-33-43(38-17-4-2-5-18-38)48(36-42)39-19-6-3-7-20-39)52-35-34-44(55-54(52)47-23-11-15-27-53(47)58-55)40-28-30-41(31-29-40)56-50-25-13-9-21-45(50)46-22-10-14-26-51(46)56/h2-36H,1H3. The molecule has 2 aromatic heterocycles. The van der Waals surface area contributed by atoms with Gasteiger partial charge in [0.05, 0.1) is 22.1 Å². The van der Waals surface area contributed by atoms with Crippen molar-refractivity contribution in [1.29, 1.82) is 0 Å². The van der Waals surface area contributed by atoms with Crippen LogP contribution in [0.3, 0.4) is 0 Å². The average molecular weight is 743 g/mol. The number of fused-ring (bicyclic) bond motifs is 6. The van der Waals surface area contributed by atoms with Gasteiger partial charge in [-0.1, -0.05) is 152 Å². The van der Waals surface area contributed by atoms with Crippen LogP contribution in [0, 0.1) is 6.92 Å². The van der Waals surface area contributed by atoms with Crippen molar-refractivity contribution in [3.05, 3.63) is 218 Å². The summed E-state index contributed by atoms with van der Waals surface area (Å²) >= 11 is 0. The predicted octanol–water partition coefficient (Wildman–Crippen LogP) is 15.5. The molecular formula is C55H38N2O. The molecule has 0 saturated carbocycles. The second-order valence-corrected chi connectivity index (χ2v) is 14.9. The van der Waals surface area contributed by atoms with Crippen LogP contribution in [0.1, 0.15) is 5.56 Å². The zero-order valence-electron chi connectivity index (χ0n) is 32.0. The highest BCUT2D eigenvalue weighted by Gasteiger charge is 2.24. The highest BCUT2D eigenvalue weighted by Crippen LogP contribution is 2.48. The summed E-state index contributed by atoms with van der Waals surface area (Å²) in [4.78, 5) is 2.41. The molecule has 2 heterocycles. The Morgan fingerprint density at radius 1 is 0.414 bits per heavy atom. The summed E-state index contributed by atoms with van der Waals surface area (Å²) in [7, 11) is 0. The van der Waals surface area contributed by atoms with Gasteiger partial charge in [-0.25, -0.2) is 0 Å². The van der Waals surface area contributed by atoms with Crippen molar-refractivity contribution in [3.8, 4) is 39.1 Å². The van der Waals surface area contributed by atoms with Crippen molar-refractivity contribution in [1.82, 2.24) is 4.57 Å². The molecule has 274 valence electrons. The molecule has 58 heavy (non-hydrogen) atoms. The second-order valence-electron chi connectivity index (χ2n) is 14.9. The fraction of sp³-hybridized carbons (Fsp3) is 0.0182. The summed E-state index contributed by atoms with van der Waals surface area (Å²) < 4.78 is 9.25. The van der Waals surface area contributed by atoms with Gasteiger partial charge in [-0.15, -0.1) is 0 Å². The van der Waals surface area contributed by atoms with Gasteiger partial charge in [-0.2, -0.15) is 0 Å². The third-order valence-electron chi connectivity index (χ3n) is 11.5. The van der Waals surface area contributed by atoms with Crippen molar-refractivity contribution in [2.24, 2.45) is 0 Å². The molecule has 0 bridgehead atoms. The summed E-state index contributed by atoms with van der Waals surface area (Å²) in [5.41, 5.74) is 16.6. The van der Waals surface area contributed by atoms with Gasteiger partial charge in [0.1, 0.15) is 11.2 Å². The Morgan fingerprint density at radius 3 is 1.66 bits per heavy atom. The molecule has 3 heteroatoms. The fourth-order valence-electron chi connectivity index (χ4n) is 8.83. The van der Waals surface area contributed by atoms with Gasteiger partial charge in [0.15, 0.2) is 0 Å². The molecule has 11 aromatic rings. The van der Waals surface area contributed by atoms with Crippen LogP contribution in [0.5, 0.6) is 0 Å². The van der Waals surface area contributed by atoms with Crippen LogP contribution in [-0.4, -0.2) is 4.57 Å². The first-order valence-corrected chi connectivity index (χ1v) is 19.9. The molecule has 0 saturated heterocycles. The van der Waals surface area contributed by atoms with Crippen LogP contribution in [0.15, 0.2) is 217 Å². The van der Waals surface area contributed by atoms with E-state index in [9.17, 15) is 0 Å². The molecule has 0 N–H and O–H groups in total. The van der Waals surface area contributed by atoms with Crippen molar-refractivity contribution >= 4 is 60.8 Å². The summed E-state index contributed by atoms with van der Waals surface area (Å²) in [5, 5.41) is 4.67. The van der Waals surface area contributed by atoms with Crippen molar-refractivity contribution in [2.75, 3.05) is 4.90 Å². The SMILES string of the molecule is Cc1ccccc1N(c1ccc(-c2ccccc2)c(-c2ccccc2)c1)c1ccc(-c2ccc(-n3c4ccccc4c4ccccc43)cc2)c2oc3ccccc3c12. The fourth-order valence-corrected chi connectivity index (χ4v) is 8.83. The molecule has 0 unspecified atom stereocenters. The molecule has 3 nitrogen and oxygen atoms in total. The molecule has 0 atom stereocenters. The predicted molar refractivity (Wildman–Crippen MR) is 244 cm³/mol. The number of nitrogens with zero attached hydrogens (tertiary/aromatic N) is 2. The number of anilines is 3. The lowest BCUT2D eigenvalue weighted by Gasteiger charge is -2.29. The molecule has 0 aliphatic rings. The average Bonchev–Trinajstić information content (AvgIpc) is 3.85. The maximum Gasteiger partial charge on any atom is 0.145 e. The molecule has 0 amide bonds. The van der Waals surface area contributed by atoms with Crippen molar-refractivity contribution < 1.29 is 4.42 Å². The first-order chi connectivity index (χ1) is 28.7. The lowest BCUT2D eigenvalue weighted by molar-refractivity contribution is 0.670. The van der Waals surface area contributed by atoms with E-state index in [0.717, 1.165) is 55.8 Å². The highest BCUT2D eigenvalue weighted by atomic mass is 16.3. The topological polar surface area (TPSA) is 21.3 Å². The van der Waals surface area contributed by atoms with E-state index in [2.05, 4.69) is 229 Å². The quantitative estimate of drug-likeness (QED) is 0.162. The van der Waals surface area contributed by atoms with Gasteiger partial charge in [0.2, 0.25) is 0 Å². The molecular weight excluding hydrogens is 705 g/mol. The smallest absolute Gasteiger partial charge is 0.145 e. The zero-order chi connectivity index (χ0) is 38.6. The zero-order valence-corrected chi connectivity index (χ0v) is 32.0. The van der Waals surface area contributed by atoms with E-state index in [4.69, 9.17) is 4.42 Å². The van der Waals surface area contributed by atoms with Gasteiger partial charge >= 0.3 is 0 Å². The molecule has 0 fully saturated rings. The van der Waals surface area contributed by atoms with E-state index in [1.165, 1.54) is 49.6 Å². The van der Waals surface area contributed by atoms with Crippen LogP contribution < -0.4 is 4.90 Å². The molecule has 0 spiro atoms. The van der Waals surface area contributed by atoms with Crippen molar-refractivity contribution in [2.45, 2.75) is 6.92 Å². The summed E-state index contributed by atoms with van der Waals surface area (Å²) in [6.07, 6.45) is 0. The van der Waals surface area contributed by atoms with Gasteiger partial charge in [-0.3, -0.25) is 0 Å². The van der Waals surface area contributed by atoms with Crippen LogP contribution in [-0.2, 0) is 0 Å². The number of benzene rings is 9. The van der Waals surface area contributed by atoms with E-state index >= 15 is 0 Å². The van der Waals surface area contributed by atoms with Gasteiger partial charge in [0, 0.05) is 38.8 Å². The molecule has 9 aromatic carbocycles. The largest absolute Gasteiger partial charge is 0.455 e. The van der Waals surface area contributed by atoms with Crippen LogP contribution >= 0.6 is 0 Å². The van der Waals surface area contributed by atoms with Crippen LogP contribution in [0.2, 0.25) is 0 Å². The Labute approximate surface area is 337 Å². The number of para-hydroxylation sites is 4. The normalized spacial score (nSPS) is 11.5. The maximum absolute atomic E-state index is 6.89. The minimum Gasteiger partial charge on any atom is -0.455 e. The lowest BCUT2D eigenvalue weighted by Crippen LogP contribution is -2.12. The van der Waals surface area contributed by atoms with Gasteiger partial charge in [-0.05, 0) is 101 Å². The van der Waals surface area contributed by atoms with Gasteiger partial charge < -0.3 is 13.9 Å². The number of aromatic nitrogens is 1. The molecule has 11 rings (SSSR count). The Morgan fingerprint density at radius 2 is 0.966 bits per heavy atom. The Kier molecular flexibility index (Phi) is 8.04. The molecule has 0 radical (unpaired) electrons. The number of aryl methyl sites for hydroxylation is 1. The molecule has 0 aliphatic heterocycles. The number of furan rings is 1. The summed E-state index contributed by atoms with van der Waals surface area (Å²) in [6.45, 7) is 2.19. The van der Waals surface area contributed by atoms with E-state index in [1.807, 2.05) is 0 Å². The third kappa shape index (κ3) is 5.51. The summed E-state index contributed by atoms with van der Waals surface area (Å²) in [5.74, 6) is 0. The van der Waals surface area contributed by atoms with E-state index in [0.29, 0.717) is 0 Å². The first-order valence-electron chi connectivity index (χ1n) is 19.9. The Hall–Kier alpha value is -7.62.